The lowest BCUT2D eigenvalue weighted by molar-refractivity contribution is 0.101. The monoisotopic (exact) mass is 547 g/mol. The molecule has 1 aliphatic carbocycles. The molecule has 3 aromatic carbocycles. The van der Waals surface area contributed by atoms with Crippen molar-refractivity contribution < 1.29 is 32.9 Å². The van der Waals surface area contributed by atoms with Gasteiger partial charge in [-0.3, -0.25) is 4.79 Å². The number of carbonyl (C=O) groups is 1. The maximum Gasteiger partial charge on any atom is 0.202 e. The number of rotatable bonds is 13. The van der Waals surface area contributed by atoms with Gasteiger partial charge in [-0.1, -0.05) is 30.3 Å². The van der Waals surface area contributed by atoms with Crippen molar-refractivity contribution in [1.29, 1.82) is 0 Å². The number of hydrogen-bond acceptors (Lipinski definition) is 7. The molecule has 8 heteroatoms. The van der Waals surface area contributed by atoms with Crippen LogP contribution in [0, 0.1) is 5.82 Å². The van der Waals surface area contributed by atoms with Crippen LogP contribution >= 0.6 is 0 Å². The Bertz CT molecular complexity index is 1390. The number of anilines is 1. The minimum absolute atomic E-state index is 0.0150. The predicted molar refractivity (Wildman–Crippen MR) is 152 cm³/mol. The van der Waals surface area contributed by atoms with Crippen LogP contribution in [0.2, 0.25) is 0 Å². The van der Waals surface area contributed by atoms with Gasteiger partial charge in [0.2, 0.25) is 5.78 Å². The molecule has 1 saturated carbocycles. The van der Waals surface area contributed by atoms with Crippen molar-refractivity contribution in [3.63, 3.8) is 0 Å². The van der Waals surface area contributed by atoms with Gasteiger partial charge in [0.25, 0.3) is 0 Å². The molecule has 0 saturated heterocycles. The summed E-state index contributed by atoms with van der Waals surface area (Å²) < 4.78 is 42.7. The van der Waals surface area contributed by atoms with E-state index in [1.54, 1.807) is 25.4 Å². The molecule has 1 aliphatic rings. The van der Waals surface area contributed by atoms with Crippen molar-refractivity contribution in [3.05, 3.63) is 101 Å². The Morgan fingerprint density at radius 3 is 2.27 bits per heavy atom. The lowest BCUT2D eigenvalue weighted by Gasteiger charge is -2.24. The summed E-state index contributed by atoms with van der Waals surface area (Å²) in [4.78, 5) is 13.9. The molecule has 40 heavy (non-hydrogen) atoms. The van der Waals surface area contributed by atoms with E-state index in [0.717, 1.165) is 36.5 Å². The van der Waals surface area contributed by atoms with E-state index in [-0.39, 0.29) is 22.6 Å². The molecule has 1 N–H and O–H groups in total. The number of carbonyl (C=O) groups excluding carboxylic acids is 1. The zero-order valence-corrected chi connectivity index (χ0v) is 23.2. The second-order valence-electron chi connectivity index (χ2n) is 9.11. The summed E-state index contributed by atoms with van der Waals surface area (Å²) in [5.74, 6) is 0.732. The minimum atomic E-state index is -0.666. The predicted octanol–water partition coefficient (Wildman–Crippen LogP) is 7.08. The van der Waals surface area contributed by atoms with Crippen LogP contribution in [0.5, 0.6) is 23.0 Å². The van der Waals surface area contributed by atoms with E-state index in [0.29, 0.717) is 36.2 Å². The molecular formula is C32H34FNO6. The Balaban J connectivity index is 1.71. The minimum Gasteiger partial charge on any atom is -0.497 e. The molecule has 0 atom stereocenters. The zero-order chi connectivity index (χ0) is 28.5. The number of Topliss-reactive ketones (excluding diaryl/α,β-unsaturated/α-hetero) is 1. The summed E-state index contributed by atoms with van der Waals surface area (Å²) in [6.45, 7) is 2.62. The van der Waals surface area contributed by atoms with Crippen molar-refractivity contribution in [2.45, 2.75) is 32.8 Å². The molecule has 0 spiro atoms. The molecule has 0 heterocycles. The first kappa shape index (κ1) is 28.5. The van der Waals surface area contributed by atoms with Crippen LogP contribution in [0.4, 0.5) is 10.1 Å². The van der Waals surface area contributed by atoms with Gasteiger partial charge in [0.15, 0.2) is 11.6 Å². The van der Waals surface area contributed by atoms with Gasteiger partial charge in [0, 0.05) is 36.2 Å². The second kappa shape index (κ2) is 13.6. The van der Waals surface area contributed by atoms with Gasteiger partial charge in [-0.05, 0) is 43.4 Å². The summed E-state index contributed by atoms with van der Waals surface area (Å²) in [6.07, 6.45) is 4.24. The van der Waals surface area contributed by atoms with Crippen molar-refractivity contribution in [2.75, 3.05) is 33.3 Å². The Labute approximate surface area is 234 Å². The van der Waals surface area contributed by atoms with Crippen molar-refractivity contribution in [2.24, 2.45) is 0 Å². The average Bonchev–Trinajstić information content (AvgIpc) is 2.95. The van der Waals surface area contributed by atoms with Crippen molar-refractivity contribution >= 4 is 11.5 Å². The van der Waals surface area contributed by atoms with E-state index >= 15 is 0 Å². The fourth-order valence-corrected chi connectivity index (χ4v) is 4.26. The fourth-order valence-electron chi connectivity index (χ4n) is 4.26. The Hall–Kier alpha value is -4.46. The SMILES string of the molecule is CCOC(=C1CCC1)/C(=C\Nc1cc(OC)cc(OCc2ccccc2)c1)C(=O)c1cc(F)c(OC)cc1OC. The average molecular weight is 548 g/mol. The van der Waals surface area contributed by atoms with Crippen LogP contribution < -0.4 is 24.3 Å². The molecule has 1 fully saturated rings. The van der Waals surface area contributed by atoms with Gasteiger partial charge >= 0.3 is 0 Å². The summed E-state index contributed by atoms with van der Waals surface area (Å²) >= 11 is 0. The third-order valence-electron chi connectivity index (χ3n) is 6.52. The number of halogens is 1. The van der Waals surface area contributed by atoms with E-state index in [2.05, 4.69) is 5.32 Å². The van der Waals surface area contributed by atoms with Gasteiger partial charge in [-0.15, -0.1) is 0 Å². The Morgan fingerprint density at radius 1 is 0.925 bits per heavy atom. The number of nitrogens with one attached hydrogen (secondary N) is 1. The van der Waals surface area contributed by atoms with Crippen molar-refractivity contribution in [3.8, 4) is 23.0 Å². The topological polar surface area (TPSA) is 75.2 Å². The molecule has 0 aromatic heterocycles. The van der Waals surface area contributed by atoms with Gasteiger partial charge in [-0.25, -0.2) is 4.39 Å². The normalized spacial score (nSPS) is 12.7. The standard InChI is InChI=1S/C32H34FNO6/c1-5-39-32(22-12-9-13-22)27(31(35)26-17-28(33)30(38-4)18-29(26)37-3)19-34-23-14-24(36-2)16-25(15-23)40-20-21-10-7-6-8-11-21/h6-8,10-11,14-19,34H,5,9,12-13,20H2,1-4H3/b27-19-. The lowest BCUT2D eigenvalue weighted by Crippen LogP contribution is -2.16. The Kier molecular flexibility index (Phi) is 9.67. The smallest absolute Gasteiger partial charge is 0.202 e. The molecule has 0 amide bonds. The van der Waals surface area contributed by atoms with Crippen LogP contribution in [0.15, 0.2) is 83.8 Å². The van der Waals surface area contributed by atoms with Crippen molar-refractivity contribution in [1.82, 2.24) is 0 Å². The highest BCUT2D eigenvalue weighted by Gasteiger charge is 2.27. The number of allylic oxidation sites excluding steroid dienone is 2. The first-order valence-corrected chi connectivity index (χ1v) is 13.1. The quantitative estimate of drug-likeness (QED) is 0.139. The van der Waals surface area contributed by atoms with Crippen LogP contribution in [0.1, 0.15) is 42.1 Å². The summed E-state index contributed by atoms with van der Waals surface area (Å²) in [6, 6.07) is 17.7. The van der Waals surface area contributed by atoms with Gasteiger partial charge in [0.05, 0.1) is 39.1 Å². The molecule has 7 nitrogen and oxygen atoms in total. The first-order valence-electron chi connectivity index (χ1n) is 13.1. The highest BCUT2D eigenvalue weighted by molar-refractivity contribution is 6.13. The maximum atomic E-state index is 14.7. The molecule has 0 bridgehead atoms. The van der Waals surface area contributed by atoms with Gasteiger partial charge in [-0.2, -0.15) is 0 Å². The van der Waals surface area contributed by atoms with E-state index in [1.807, 2.05) is 43.3 Å². The summed E-state index contributed by atoms with van der Waals surface area (Å²) in [7, 11) is 4.35. The molecule has 0 radical (unpaired) electrons. The largest absolute Gasteiger partial charge is 0.497 e. The third-order valence-corrected chi connectivity index (χ3v) is 6.52. The number of hydrogen-bond donors (Lipinski definition) is 1. The van der Waals surface area contributed by atoms with Crippen LogP contribution in [-0.2, 0) is 11.3 Å². The molecule has 0 aliphatic heterocycles. The van der Waals surface area contributed by atoms with Gasteiger partial charge in [0.1, 0.15) is 29.6 Å². The summed E-state index contributed by atoms with van der Waals surface area (Å²) in [5, 5.41) is 3.21. The van der Waals surface area contributed by atoms with Crippen LogP contribution in [0.25, 0.3) is 0 Å². The number of methoxy groups -OCH3 is 3. The second-order valence-corrected chi connectivity index (χ2v) is 9.11. The molecule has 3 aromatic rings. The van der Waals surface area contributed by atoms with E-state index in [1.165, 1.54) is 20.3 Å². The highest BCUT2D eigenvalue weighted by atomic mass is 19.1. The van der Waals surface area contributed by atoms with E-state index in [9.17, 15) is 9.18 Å². The lowest BCUT2D eigenvalue weighted by atomic mass is 9.87. The third kappa shape index (κ3) is 6.75. The highest BCUT2D eigenvalue weighted by Crippen LogP contribution is 2.36. The maximum absolute atomic E-state index is 14.7. The molecular weight excluding hydrogens is 513 g/mol. The Morgan fingerprint density at radius 2 is 1.65 bits per heavy atom. The first-order chi connectivity index (χ1) is 19.5. The molecule has 210 valence electrons. The number of ketones is 1. The molecule has 0 unspecified atom stereocenters. The summed E-state index contributed by atoms with van der Waals surface area (Å²) in [5.41, 5.74) is 3.02. The fraction of sp³-hybridized carbons (Fsp3) is 0.281. The zero-order valence-electron chi connectivity index (χ0n) is 23.2. The van der Waals surface area contributed by atoms with Crippen LogP contribution in [0.3, 0.4) is 0 Å². The van der Waals surface area contributed by atoms with Crippen LogP contribution in [-0.4, -0.2) is 33.7 Å². The number of benzene rings is 3. The number of ether oxygens (including phenoxy) is 5. The molecule has 4 rings (SSSR count). The van der Waals surface area contributed by atoms with E-state index < -0.39 is 11.6 Å². The van der Waals surface area contributed by atoms with Gasteiger partial charge < -0.3 is 29.0 Å². The van der Waals surface area contributed by atoms with E-state index in [4.69, 9.17) is 23.7 Å².